The van der Waals surface area contributed by atoms with Gasteiger partial charge in [0.05, 0.1) is 5.69 Å². The summed E-state index contributed by atoms with van der Waals surface area (Å²) in [6, 6.07) is 13.0. The van der Waals surface area contributed by atoms with E-state index in [1.807, 2.05) is 35.2 Å². The Morgan fingerprint density at radius 3 is 2.41 bits per heavy atom. The quantitative estimate of drug-likeness (QED) is 0.754. The number of benzene rings is 1. The lowest BCUT2D eigenvalue weighted by atomic mass is 10.2. The minimum Gasteiger partial charge on any atom is -0.339 e. The van der Waals surface area contributed by atoms with E-state index in [4.69, 9.17) is 11.6 Å². The zero-order valence-corrected chi connectivity index (χ0v) is 17.0. The van der Waals surface area contributed by atoms with Crippen molar-refractivity contribution in [2.75, 3.05) is 50.7 Å². The number of hydrogen-bond acceptors (Lipinski definition) is 4. The molecular formula is C21H24ClN5O2. The summed E-state index contributed by atoms with van der Waals surface area (Å²) >= 11 is 5.92. The van der Waals surface area contributed by atoms with E-state index in [2.05, 4.69) is 9.88 Å². The van der Waals surface area contributed by atoms with Gasteiger partial charge in [-0.05, 0) is 36.4 Å². The zero-order chi connectivity index (χ0) is 20.2. The molecule has 2 saturated heterocycles. The van der Waals surface area contributed by atoms with Crippen molar-refractivity contribution >= 4 is 29.2 Å². The molecule has 0 atom stereocenters. The third-order valence-electron chi connectivity index (χ3n) is 5.40. The third kappa shape index (κ3) is 4.68. The van der Waals surface area contributed by atoms with Gasteiger partial charge in [0.2, 0.25) is 5.91 Å². The van der Waals surface area contributed by atoms with E-state index >= 15 is 0 Å². The molecular weight excluding hydrogens is 390 g/mol. The average molecular weight is 414 g/mol. The van der Waals surface area contributed by atoms with Gasteiger partial charge < -0.3 is 9.80 Å². The molecule has 2 aliphatic heterocycles. The smallest absolute Gasteiger partial charge is 0.325 e. The minimum absolute atomic E-state index is 0.00814. The summed E-state index contributed by atoms with van der Waals surface area (Å²) < 4.78 is 0. The molecule has 0 N–H and O–H groups in total. The Balaban J connectivity index is 1.27. The molecule has 0 saturated carbocycles. The molecule has 0 spiro atoms. The molecule has 0 aliphatic carbocycles. The van der Waals surface area contributed by atoms with Crippen molar-refractivity contribution in [3.63, 3.8) is 0 Å². The molecule has 4 rings (SSSR count). The predicted octanol–water partition coefficient (Wildman–Crippen LogP) is 2.32. The van der Waals surface area contributed by atoms with Crippen molar-refractivity contribution < 1.29 is 9.59 Å². The highest BCUT2D eigenvalue weighted by Gasteiger charge is 2.32. The van der Waals surface area contributed by atoms with Gasteiger partial charge in [-0.15, -0.1) is 0 Å². The van der Waals surface area contributed by atoms with Crippen molar-refractivity contribution in [3.8, 4) is 0 Å². The molecule has 3 amide bonds. The second-order valence-corrected chi connectivity index (χ2v) is 7.75. The fourth-order valence-corrected chi connectivity index (χ4v) is 3.86. The van der Waals surface area contributed by atoms with Crippen LogP contribution in [-0.2, 0) is 11.3 Å². The van der Waals surface area contributed by atoms with E-state index in [1.54, 1.807) is 28.1 Å². The normalized spacial score (nSPS) is 17.8. The number of halogens is 1. The first kappa shape index (κ1) is 19.7. The Labute approximate surface area is 175 Å². The molecule has 2 aliphatic rings. The van der Waals surface area contributed by atoms with Crippen LogP contribution in [0.15, 0.2) is 48.7 Å². The Morgan fingerprint density at radius 1 is 0.966 bits per heavy atom. The molecule has 0 bridgehead atoms. The van der Waals surface area contributed by atoms with Gasteiger partial charge in [-0.3, -0.25) is 19.6 Å². The fraction of sp³-hybridized carbons (Fsp3) is 0.381. The first-order valence-electron chi connectivity index (χ1n) is 9.82. The van der Waals surface area contributed by atoms with Crippen LogP contribution in [0, 0.1) is 0 Å². The molecule has 1 aromatic carbocycles. The summed E-state index contributed by atoms with van der Waals surface area (Å²) in [7, 11) is 0. The van der Waals surface area contributed by atoms with Crippen LogP contribution in [-0.4, -0.2) is 77.4 Å². The maximum atomic E-state index is 12.7. The summed E-state index contributed by atoms with van der Waals surface area (Å²) in [6.07, 6.45) is 1.80. The number of amides is 3. The van der Waals surface area contributed by atoms with Crippen LogP contribution < -0.4 is 4.90 Å². The minimum atomic E-state index is -0.130. The Bertz CT molecular complexity index is 853. The van der Waals surface area contributed by atoms with Crippen LogP contribution in [0.1, 0.15) is 5.69 Å². The molecule has 8 heteroatoms. The number of carbonyl (C=O) groups is 2. The molecule has 7 nitrogen and oxygen atoms in total. The van der Waals surface area contributed by atoms with Crippen molar-refractivity contribution in [1.82, 2.24) is 19.7 Å². The number of hydrogen-bond donors (Lipinski definition) is 0. The Kier molecular flexibility index (Phi) is 5.97. The first-order valence-corrected chi connectivity index (χ1v) is 10.2. The highest BCUT2D eigenvalue weighted by atomic mass is 35.5. The molecule has 1 aromatic heterocycles. The standard InChI is InChI=1S/C21H24ClN5O2/c22-17-4-6-19(7-5-17)27-14-13-26(21(27)29)16-20(28)25-11-9-24(10-12-25)15-18-3-1-2-8-23-18/h1-8H,9-16H2. The Hall–Kier alpha value is -2.64. The van der Waals surface area contributed by atoms with Gasteiger partial charge in [0.25, 0.3) is 0 Å². The van der Waals surface area contributed by atoms with Gasteiger partial charge in [0.1, 0.15) is 6.54 Å². The average Bonchev–Trinajstić information content (AvgIpc) is 3.10. The van der Waals surface area contributed by atoms with E-state index in [-0.39, 0.29) is 18.5 Å². The van der Waals surface area contributed by atoms with Gasteiger partial charge in [-0.2, -0.15) is 0 Å². The summed E-state index contributed by atoms with van der Waals surface area (Å²) in [4.78, 5) is 37.2. The zero-order valence-electron chi connectivity index (χ0n) is 16.2. The van der Waals surface area contributed by atoms with Gasteiger partial charge >= 0.3 is 6.03 Å². The SMILES string of the molecule is O=C(CN1CCN(c2ccc(Cl)cc2)C1=O)N1CCN(Cc2ccccn2)CC1. The molecule has 152 valence electrons. The van der Waals surface area contributed by atoms with Gasteiger partial charge in [0, 0.05) is 62.7 Å². The maximum Gasteiger partial charge on any atom is 0.325 e. The fourth-order valence-electron chi connectivity index (χ4n) is 3.73. The highest BCUT2D eigenvalue weighted by molar-refractivity contribution is 6.30. The lowest BCUT2D eigenvalue weighted by Gasteiger charge is -2.35. The van der Waals surface area contributed by atoms with Crippen LogP contribution in [0.4, 0.5) is 10.5 Å². The number of rotatable bonds is 5. The summed E-state index contributed by atoms with van der Waals surface area (Å²) in [5, 5.41) is 0.634. The molecule has 29 heavy (non-hydrogen) atoms. The monoisotopic (exact) mass is 413 g/mol. The van der Waals surface area contributed by atoms with Gasteiger partial charge in [-0.25, -0.2) is 4.79 Å². The Morgan fingerprint density at radius 2 is 1.72 bits per heavy atom. The van der Waals surface area contributed by atoms with E-state index in [1.165, 1.54) is 0 Å². The van der Waals surface area contributed by atoms with Gasteiger partial charge in [-0.1, -0.05) is 17.7 Å². The lowest BCUT2D eigenvalue weighted by Crippen LogP contribution is -2.51. The number of pyridine rings is 1. The second-order valence-electron chi connectivity index (χ2n) is 7.31. The number of nitrogens with zero attached hydrogens (tertiary/aromatic N) is 5. The van der Waals surface area contributed by atoms with Crippen LogP contribution in [0.5, 0.6) is 0 Å². The van der Waals surface area contributed by atoms with Crippen molar-refractivity contribution in [1.29, 1.82) is 0 Å². The largest absolute Gasteiger partial charge is 0.339 e. The second kappa shape index (κ2) is 8.80. The van der Waals surface area contributed by atoms with Crippen LogP contribution in [0.25, 0.3) is 0 Å². The van der Waals surface area contributed by atoms with E-state index in [0.717, 1.165) is 31.0 Å². The van der Waals surface area contributed by atoms with E-state index in [0.29, 0.717) is 31.2 Å². The summed E-state index contributed by atoms with van der Waals surface area (Å²) in [6.45, 7) is 5.02. The number of carbonyl (C=O) groups excluding carboxylic acids is 2. The predicted molar refractivity (Wildman–Crippen MR) is 112 cm³/mol. The van der Waals surface area contributed by atoms with E-state index in [9.17, 15) is 9.59 Å². The molecule has 2 fully saturated rings. The number of urea groups is 1. The molecule has 0 unspecified atom stereocenters. The van der Waals surface area contributed by atoms with Crippen molar-refractivity contribution in [2.24, 2.45) is 0 Å². The van der Waals surface area contributed by atoms with Gasteiger partial charge in [0.15, 0.2) is 0 Å². The number of aromatic nitrogens is 1. The lowest BCUT2D eigenvalue weighted by molar-refractivity contribution is -0.133. The topological polar surface area (TPSA) is 60.0 Å². The van der Waals surface area contributed by atoms with Crippen LogP contribution >= 0.6 is 11.6 Å². The van der Waals surface area contributed by atoms with Crippen molar-refractivity contribution in [2.45, 2.75) is 6.54 Å². The molecule has 0 radical (unpaired) electrons. The first-order chi connectivity index (χ1) is 14.1. The molecule has 2 aromatic rings. The maximum absolute atomic E-state index is 12.7. The summed E-state index contributed by atoms with van der Waals surface area (Å²) in [5.41, 5.74) is 1.84. The van der Waals surface area contributed by atoms with Crippen molar-refractivity contribution in [3.05, 3.63) is 59.4 Å². The van der Waals surface area contributed by atoms with Crippen LogP contribution in [0.2, 0.25) is 5.02 Å². The molecule has 3 heterocycles. The highest BCUT2D eigenvalue weighted by Crippen LogP contribution is 2.22. The number of anilines is 1. The van der Waals surface area contributed by atoms with E-state index < -0.39 is 0 Å². The number of piperazine rings is 1. The summed E-state index contributed by atoms with van der Waals surface area (Å²) in [5.74, 6) is 0.00814. The third-order valence-corrected chi connectivity index (χ3v) is 5.65. The van der Waals surface area contributed by atoms with Crippen LogP contribution in [0.3, 0.4) is 0 Å².